The zero-order chi connectivity index (χ0) is 12.3. The number of rotatable bonds is 4. The van der Waals surface area contributed by atoms with Gasteiger partial charge in [-0.2, -0.15) is 12.6 Å². The maximum absolute atomic E-state index is 5.76. The molecule has 0 aliphatic carbocycles. The lowest BCUT2D eigenvalue weighted by atomic mass is 10.2. The van der Waals surface area contributed by atoms with Crippen LogP contribution < -0.4 is 4.74 Å². The Balaban J connectivity index is 2.05. The number of aryl methyl sites for hydroxylation is 2. The van der Waals surface area contributed by atoms with Crippen molar-refractivity contribution in [2.75, 3.05) is 0 Å². The first kappa shape index (κ1) is 12.5. The zero-order valence-electron chi connectivity index (χ0n) is 9.93. The van der Waals surface area contributed by atoms with Gasteiger partial charge in [0.25, 0.3) is 0 Å². The van der Waals surface area contributed by atoms with Crippen molar-refractivity contribution < 1.29 is 4.74 Å². The van der Waals surface area contributed by atoms with Gasteiger partial charge in [0.05, 0.1) is 5.69 Å². The Morgan fingerprint density at radius 3 is 2.71 bits per heavy atom. The third kappa shape index (κ3) is 3.01. The highest BCUT2D eigenvalue weighted by molar-refractivity contribution is 7.79. The number of para-hydroxylation sites is 1. The molecule has 0 aliphatic rings. The fourth-order valence-electron chi connectivity index (χ4n) is 1.55. The van der Waals surface area contributed by atoms with Crippen LogP contribution >= 0.6 is 24.0 Å². The molecule has 90 valence electrons. The summed E-state index contributed by atoms with van der Waals surface area (Å²) < 4.78 is 5.76. The lowest BCUT2D eigenvalue weighted by molar-refractivity contribution is 0.303. The molecular weight excluding hydrogens is 250 g/mol. The van der Waals surface area contributed by atoms with Crippen molar-refractivity contribution in [3.05, 3.63) is 45.4 Å². The third-order valence-electron chi connectivity index (χ3n) is 2.53. The largest absolute Gasteiger partial charge is 0.486 e. The van der Waals surface area contributed by atoms with Crippen LogP contribution in [0.2, 0.25) is 0 Å². The second-order valence-corrected chi connectivity index (χ2v) is 5.31. The van der Waals surface area contributed by atoms with Gasteiger partial charge in [-0.3, -0.25) is 0 Å². The van der Waals surface area contributed by atoms with Crippen LogP contribution in [0.4, 0.5) is 0 Å². The number of aromatic nitrogens is 1. The van der Waals surface area contributed by atoms with E-state index in [0.29, 0.717) is 6.61 Å². The van der Waals surface area contributed by atoms with Gasteiger partial charge in [-0.05, 0) is 25.5 Å². The number of thiazole rings is 1. The number of ether oxygens (including phenoxy) is 1. The predicted molar refractivity (Wildman–Crippen MR) is 75.1 cm³/mol. The Morgan fingerprint density at radius 2 is 2.06 bits per heavy atom. The summed E-state index contributed by atoms with van der Waals surface area (Å²) in [6.45, 7) is 4.59. The third-order valence-corrected chi connectivity index (χ3v) is 4.19. The fourth-order valence-corrected chi connectivity index (χ4v) is 2.82. The van der Waals surface area contributed by atoms with Crippen LogP contribution in [0.15, 0.2) is 24.3 Å². The van der Waals surface area contributed by atoms with Crippen molar-refractivity contribution in [1.29, 1.82) is 0 Å². The number of nitrogens with zero attached hydrogens (tertiary/aromatic N) is 1. The summed E-state index contributed by atoms with van der Waals surface area (Å²) >= 11 is 5.95. The van der Waals surface area contributed by atoms with Crippen LogP contribution in [0.25, 0.3) is 0 Å². The first-order chi connectivity index (χ1) is 8.20. The topological polar surface area (TPSA) is 22.1 Å². The van der Waals surface area contributed by atoms with E-state index in [1.165, 1.54) is 4.88 Å². The summed E-state index contributed by atoms with van der Waals surface area (Å²) in [6.07, 6.45) is 0. The molecule has 0 atom stereocenters. The molecule has 1 heterocycles. The van der Waals surface area contributed by atoms with Crippen molar-refractivity contribution in [3.8, 4) is 5.75 Å². The molecule has 0 fully saturated rings. The fraction of sp³-hybridized carbons (Fsp3) is 0.308. The summed E-state index contributed by atoms with van der Waals surface area (Å²) in [6, 6.07) is 8.01. The lowest BCUT2D eigenvalue weighted by Gasteiger charge is -2.06. The minimum absolute atomic E-state index is 0.532. The van der Waals surface area contributed by atoms with E-state index in [-0.39, 0.29) is 0 Å². The van der Waals surface area contributed by atoms with E-state index >= 15 is 0 Å². The Hall–Kier alpha value is -1.000. The number of benzene rings is 1. The van der Waals surface area contributed by atoms with E-state index in [4.69, 9.17) is 4.74 Å². The summed E-state index contributed by atoms with van der Waals surface area (Å²) in [7, 11) is 0. The van der Waals surface area contributed by atoms with Crippen LogP contribution in [-0.2, 0) is 12.4 Å². The smallest absolute Gasteiger partial charge is 0.140 e. The molecule has 17 heavy (non-hydrogen) atoms. The summed E-state index contributed by atoms with van der Waals surface area (Å²) in [5.41, 5.74) is 2.21. The molecule has 2 rings (SSSR count). The van der Waals surface area contributed by atoms with Gasteiger partial charge in [0.1, 0.15) is 17.4 Å². The maximum atomic E-state index is 5.76. The van der Waals surface area contributed by atoms with Crippen LogP contribution in [0.1, 0.15) is 21.1 Å². The zero-order valence-corrected chi connectivity index (χ0v) is 11.6. The quantitative estimate of drug-likeness (QED) is 0.850. The average Bonchev–Trinajstić information content (AvgIpc) is 2.69. The minimum atomic E-state index is 0.532. The van der Waals surface area contributed by atoms with Crippen LogP contribution in [0.3, 0.4) is 0 Å². The van der Waals surface area contributed by atoms with E-state index < -0.39 is 0 Å². The van der Waals surface area contributed by atoms with Gasteiger partial charge >= 0.3 is 0 Å². The molecule has 2 aromatic rings. The monoisotopic (exact) mass is 265 g/mol. The molecule has 0 spiro atoms. The molecular formula is C13H15NOS2. The van der Waals surface area contributed by atoms with Crippen molar-refractivity contribution in [3.63, 3.8) is 0 Å². The van der Waals surface area contributed by atoms with Crippen LogP contribution in [0.5, 0.6) is 5.75 Å². The van der Waals surface area contributed by atoms with Crippen LogP contribution in [0, 0.1) is 13.8 Å². The van der Waals surface area contributed by atoms with Crippen molar-refractivity contribution in [1.82, 2.24) is 4.98 Å². The molecule has 1 aromatic carbocycles. The van der Waals surface area contributed by atoms with E-state index in [9.17, 15) is 0 Å². The molecule has 0 N–H and O–H groups in total. The summed E-state index contributed by atoms with van der Waals surface area (Å²) in [4.78, 5) is 5.69. The van der Waals surface area contributed by atoms with Crippen LogP contribution in [-0.4, -0.2) is 4.98 Å². The molecule has 0 unspecified atom stereocenters. The van der Waals surface area contributed by atoms with Gasteiger partial charge in [0.15, 0.2) is 0 Å². The summed E-state index contributed by atoms with van der Waals surface area (Å²) in [5, 5.41) is 1.01. The van der Waals surface area contributed by atoms with E-state index in [1.807, 2.05) is 38.1 Å². The van der Waals surface area contributed by atoms with Gasteiger partial charge in [0, 0.05) is 10.6 Å². The molecule has 0 saturated carbocycles. The minimum Gasteiger partial charge on any atom is -0.486 e. The highest BCUT2D eigenvalue weighted by atomic mass is 32.1. The van der Waals surface area contributed by atoms with Gasteiger partial charge in [-0.15, -0.1) is 11.3 Å². The van der Waals surface area contributed by atoms with Gasteiger partial charge in [-0.1, -0.05) is 18.2 Å². The molecule has 0 radical (unpaired) electrons. The number of hydrogen-bond donors (Lipinski definition) is 1. The molecule has 2 nitrogen and oxygen atoms in total. The van der Waals surface area contributed by atoms with E-state index in [1.54, 1.807) is 11.3 Å². The van der Waals surface area contributed by atoms with Crippen molar-refractivity contribution in [2.45, 2.75) is 26.2 Å². The van der Waals surface area contributed by atoms with Crippen molar-refractivity contribution in [2.24, 2.45) is 0 Å². The Kier molecular flexibility index (Phi) is 4.07. The van der Waals surface area contributed by atoms with E-state index in [2.05, 4.69) is 17.6 Å². The first-order valence-corrected chi connectivity index (χ1v) is 6.90. The molecule has 0 amide bonds. The second-order valence-electron chi connectivity index (χ2n) is 3.83. The Bertz CT molecular complexity index is 508. The standard InChI is InChI=1S/C13H15NOS2/c1-9-5-3-4-6-11(9)15-7-13-14-10(2)12(8-16)17-13/h3-6,16H,7-8H2,1-2H3. The van der Waals surface area contributed by atoms with E-state index in [0.717, 1.165) is 27.8 Å². The van der Waals surface area contributed by atoms with Crippen molar-refractivity contribution >= 4 is 24.0 Å². The highest BCUT2D eigenvalue weighted by Gasteiger charge is 2.07. The lowest BCUT2D eigenvalue weighted by Crippen LogP contribution is -1.96. The first-order valence-electron chi connectivity index (χ1n) is 5.45. The van der Waals surface area contributed by atoms with Gasteiger partial charge in [0.2, 0.25) is 0 Å². The maximum Gasteiger partial charge on any atom is 0.140 e. The second kappa shape index (κ2) is 5.56. The summed E-state index contributed by atoms with van der Waals surface area (Å²) in [5.74, 6) is 1.67. The molecule has 4 heteroatoms. The highest BCUT2D eigenvalue weighted by Crippen LogP contribution is 2.22. The molecule has 0 bridgehead atoms. The molecule has 0 aliphatic heterocycles. The van der Waals surface area contributed by atoms with Gasteiger partial charge < -0.3 is 4.74 Å². The number of thiol groups is 1. The SMILES string of the molecule is Cc1ccccc1OCc1nc(C)c(CS)s1. The van der Waals surface area contributed by atoms with Gasteiger partial charge in [-0.25, -0.2) is 4.98 Å². The average molecular weight is 265 g/mol. The Labute approximate surface area is 111 Å². The molecule has 1 aromatic heterocycles. The number of hydrogen-bond acceptors (Lipinski definition) is 4. The Morgan fingerprint density at radius 1 is 1.29 bits per heavy atom. The predicted octanol–water partition coefficient (Wildman–Crippen LogP) is 3.77. The molecule has 0 saturated heterocycles. The normalized spacial score (nSPS) is 10.5.